The van der Waals surface area contributed by atoms with Crippen LogP contribution in [0.5, 0.6) is 0 Å². The monoisotopic (exact) mass is 414 g/mol. The van der Waals surface area contributed by atoms with E-state index in [4.69, 9.17) is 4.74 Å². The Labute approximate surface area is 159 Å². The lowest BCUT2D eigenvalue weighted by molar-refractivity contribution is -0.142. The summed E-state index contributed by atoms with van der Waals surface area (Å²) in [6, 6.07) is 18.1. The van der Waals surface area contributed by atoms with Crippen molar-refractivity contribution in [1.29, 1.82) is 0 Å². The molecule has 0 amide bonds. The van der Waals surface area contributed by atoms with Gasteiger partial charge in [-0.05, 0) is 35.7 Å². The van der Waals surface area contributed by atoms with Crippen molar-refractivity contribution in [3.05, 3.63) is 76.3 Å². The van der Waals surface area contributed by atoms with Crippen LogP contribution in [0.1, 0.15) is 11.1 Å². The fourth-order valence-electron chi connectivity index (χ4n) is 3.34. The molecule has 25 heavy (non-hydrogen) atoms. The number of carbonyl (C=O) groups excluding carboxylic acids is 1. The normalized spacial score (nSPS) is 20.8. The fraction of sp³-hybridized carbons (Fsp3) is 0.286. The van der Waals surface area contributed by atoms with Crippen LogP contribution in [0.15, 0.2) is 65.1 Å². The first-order valence-corrected chi connectivity index (χ1v) is 12.9. The van der Waals surface area contributed by atoms with Crippen molar-refractivity contribution in [3.8, 4) is 0 Å². The van der Waals surface area contributed by atoms with Gasteiger partial charge in [0.2, 0.25) is 0 Å². The van der Waals surface area contributed by atoms with E-state index in [2.05, 4.69) is 53.8 Å². The molecule has 3 rings (SSSR count). The van der Waals surface area contributed by atoms with Gasteiger partial charge in [0.05, 0.1) is 14.0 Å². The number of cyclic esters (lactones) is 1. The first kappa shape index (κ1) is 18.1. The van der Waals surface area contributed by atoms with Crippen LogP contribution in [0.4, 0.5) is 0 Å². The van der Waals surface area contributed by atoms with Crippen molar-refractivity contribution >= 4 is 35.7 Å². The molecule has 0 saturated heterocycles. The molecule has 2 aromatic carbocycles. The highest BCUT2D eigenvalue weighted by Gasteiger charge is 2.41. The fourth-order valence-corrected chi connectivity index (χ4v) is 5.72. The van der Waals surface area contributed by atoms with Crippen LogP contribution in [-0.2, 0) is 16.0 Å². The van der Waals surface area contributed by atoms with Crippen molar-refractivity contribution in [3.63, 3.8) is 0 Å². The van der Waals surface area contributed by atoms with Crippen molar-refractivity contribution in [1.82, 2.24) is 0 Å². The van der Waals surface area contributed by atoms with Gasteiger partial charge >= 0.3 is 5.97 Å². The molecule has 0 fully saturated rings. The number of allylic oxidation sites excluding steroid dienone is 1. The number of rotatable bonds is 4. The Bertz CT molecular complexity index is 776. The van der Waals surface area contributed by atoms with Crippen molar-refractivity contribution < 1.29 is 9.53 Å². The molecule has 0 bridgehead atoms. The maximum absolute atomic E-state index is 12.9. The molecule has 1 heterocycles. The number of ether oxygens (including phenoxy) is 1. The smallest absolute Gasteiger partial charge is 0.314 e. The topological polar surface area (TPSA) is 26.3 Å². The quantitative estimate of drug-likeness (QED) is 0.458. The van der Waals surface area contributed by atoms with Gasteiger partial charge < -0.3 is 4.74 Å². The summed E-state index contributed by atoms with van der Waals surface area (Å²) in [5.74, 6) is 0.502. The van der Waals surface area contributed by atoms with Crippen LogP contribution in [0.2, 0.25) is 25.2 Å². The van der Waals surface area contributed by atoms with E-state index in [0.717, 1.165) is 16.5 Å². The third-order valence-corrected chi connectivity index (χ3v) is 7.80. The van der Waals surface area contributed by atoms with Crippen molar-refractivity contribution in [2.24, 2.45) is 5.92 Å². The molecule has 0 aliphatic carbocycles. The van der Waals surface area contributed by atoms with E-state index in [0.29, 0.717) is 5.76 Å². The van der Waals surface area contributed by atoms with Gasteiger partial charge in [-0.3, -0.25) is 4.79 Å². The highest BCUT2D eigenvalue weighted by Crippen LogP contribution is 2.41. The number of hydrogen-bond acceptors (Lipinski definition) is 2. The second kappa shape index (κ2) is 7.30. The molecule has 0 spiro atoms. The zero-order valence-corrected chi connectivity index (χ0v) is 17.4. The van der Waals surface area contributed by atoms with Gasteiger partial charge in [-0.2, -0.15) is 0 Å². The molecule has 0 radical (unpaired) electrons. The summed E-state index contributed by atoms with van der Waals surface area (Å²) >= 11 is 3.47. The predicted molar refractivity (Wildman–Crippen MR) is 109 cm³/mol. The van der Waals surface area contributed by atoms with Gasteiger partial charge in [-0.25, -0.2) is 0 Å². The summed E-state index contributed by atoms with van der Waals surface area (Å²) in [6.45, 7) is 6.97. The first-order valence-electron chi connectivity index (χ1n) is 8.58. The van der Waals surface area contributed by atoms with Gasteiger partial charge in [0.25, 0.3) is 0 Å². The minimum Gasteiger partial charge on any atom is -0.426 e. The highest BCUT2D eigenvalue weighted by molar-refractivity contribution is 9.10. The molecule has 1 aliphatic rings. The molecule has 2 aromatic rings. The lowest BCUT2D eigenvalue weighted by atomic mass is 9.93. The molecule has 0 saturated carbocycles. The molecule has 1 aliphatic heterocycles. The van der Waals surface area contributed by atoms with Gasteiger partial charge in [-0.1, -0.05) is 78.0 Å². The Morgan fingerprint density at radius 3 is 2.24 bits per heavy atom. The second-order valence-corrected chi connectivity index (χ2v) is 14.0. The number of hydrogen-bond donors (Lipinski definition) is 0. The van der Waals surface area contributed by atoms with Gasteiger partial charge in [0, 0.05) is 10.0 Å². The first-order chi connectivity index (χ1) is 11.8. The number of benzene rings is 2. The Balaban J connectivity index is 1.94. The Kier molecular flexibility index (Phi) is 5.30. The molecule has 0 N–H and O–H groups in total. The summed E-state index contributed by atoms with van der Waals surface area (Å²) in [5.41, 5.74) is 2.40. The largest absolute Gasteiger partial charge is 0.426 e. The van der Waals surface area contributed by atoms with E-state index >= 15 is 0 Å². The summed E-state index contributed by atoms with van der Waals surface area (Å²) in [7, 11) is -1.59. The van der Waals surface area contributed by atoms with Crippen LogP contribution < -0.4 is 0 Å². The van der Waals surface area contributed by atoms with Gasteiger partial charge in [-0.15, -0.1) is 0 Å². The van der Waals surface area contributed by atoms with Gasteiger partial charge in [0.15, 0.2) is 0 Å². The molecule has 2 atom stereocenters. The lowest BCUT2D eigenvalue weighted by Crippen LogP contribution is -2.40. The van der Waals surface area contributed by atoms with Crippen LogP contribution in [0, 0.1) is 5.92 Å². The summed E-state index contributed by atoms with van der Waals surface area (Å²) in [4.78, 5) is 12.9. The third-order valence-electron chi connectivity index (χ3n) is 4.70. The molecular formula is C21H23BrO2Si. The lowest BCUT2D eigenvalue weighted by Gasteiger charge is -2.36. The van der Waals surface area contributed by atoms with Crippen LogP contribution in [0.3, 0.4) is 0 Å². The van der Waals surface area contributed by atoms with Gasteiger partial charge in [0.1, 0.15) is 5.76 Å². The Morgan fingerprint density at radius 2 is 1.64 bits per heavy atom. The Morgan fingerprint density at radius 1 is 1.00 bits per heavy atom. The average molecular weight is 415 g/mol. The van der Waals surface area contributed by atoms with E-state index in [1.165, 1.54) is 5.56 Å². The summed E-state index contributed by atoms with van der Waals surface area (Å²) < 4.78 is 6.79. The highest BCUT2D eigenvalue weighted by atomic mass is 79.9. The molecule has 0 unspecified atom stereocenters. The zero-order chi connectivity index (χ0) is 18.0. The van der Waals surface area contributed by atoms with E-state index in [9.17, 15) is 4.79 Å². The summed E-state index contributed by atoms with van der Waals surface area (Å²) in [6.07, 6.45) is 2.92. The minimum atomic E-state index is -1.59. The predicted octanol–water partition coefficient (Wildman–Crippen LogP) is 5.91. The zero-order valence-electron chi connectivity index (χ0n) is 14.8. The van der Waals surface area contributed by atoms with E-state index in [1.807, 2.05) is 42.5 Å². The van der Waals surface area contributed by atoms with E-state index < -0.39 is 8.07 Å². The Hall–Kier alpha value is -1.65. The molecule has 130 valence electrons. The van der Waals surface area contributed by atoms with E-state index in [-0.39, 0.29) is 17.4 Å². The maximum Gasteiger partial charge on any atom is 0.314 e. The number of halogens is 1. The third kappa shape index (κ3) is 4.31. The molecule has 2 nitrogen and oxygen atoms in total. The van der Waals surface area contributed by atoms with Crippen molar-refractivity contribution in [2.45, 2.75) is 31.6 Å². The number of carbonyl (C=O) groups is 1. The maximum atomic E-state index is 12.9. The SMILES string of the molecule is C[Si](C)(C)[C@H]1C=C(c2ccccc2)OC(=O)[C@H]1Cc1ccc(Br)cc1. The second-order valence-electron chi connectivity index (χ2n) is 7.65. The molecule has 4 heteroatoms. The minimum absolute atomic E-state index is 0.100. The average Bonchev–Trinajstić information content (AvgIpc) is 2.58. The van der Waals surface area contributed by atoms with Crippen LogP contribution in [0.25, 0.3) is 5.76 Å². The summed E-state index contributed by atoms with van der Waals surface area (Å²) in [5, 5.41) is 0. The molecule has 0 aromatic heterocycles. The van der Waals surface area contributed by atoms with E-state index in [1.54, 1.807) is 0 Å². The standard InChI is InChI=1S/C21H23BrO2Si/c1-25(2,3)20-14-19(16-7-5-4-6-8-16)24-21(23)18(20)13-15-9-11-17(22)12-10-15/h4-12,14,18,20H,13H2,1-3H3/t18-,20-/m0/s1. The number of esters is 1. The van der Waals surface area contributed by atoms with Crippen molar-refractivity contribution in [2.75, 3.05) is 0 Å². The van der Waals surface area contributed by atoms with Crippen LogP contribution in [-0.4, -0.2) is 14.0 Å². The van der Waals surface area contributed by atoms with Crippen LogP contribution >= 0.6 is 15.9 Å². The molecular weight excluding hydrogens is 392 g/mol.